The molecule has 5 heteroatoms. The molecule has 21 heavy (non-hydrogen) atoms. The fourth-order valence-corrected chi connectivity index (χ4v) is 2.23. The maximum absolute atomic E-state index is 11.9. The van der Waals surface area contributed by atoms with E-state index in [1.54, 1.807) is 48.5 Å². The zero-order valence-corrected chi connectivity index (χ0v) is 12.1. The summed E-state index contributed by atoms with van der Waals surface area (Å²) >= 11 is 5.86. The molecule has 0 bridgehead atoms. The number of benzene rings is 2. The molecule has 2 aromatic rings. The Morgan fingerprint density at radius 3 is 2.43 bits per heavy atom. The summed E-state index contributed by atoms with van der Waals surface area (Å²) in [7, 11) is 1.28. The van der Waals surface area contributed by atoms with Crippen LogP contribution in [0.15, 0.2) is 48.5 Å². The molecule has 0 heterocycles. The molecule has 1 atom stereocenters. The Bertz CT molecular complexity index is 707. The Labute approximate surface area is 127 Å². The highest BCUT2D eigenvalue weighted by Gasteiger charge is 2.33. The maximum Gasteiger partial charge on any atom is 0.338 e. The van der Waals surface area contributed by atoms with Crippen LogP contribution in [0.3, 0.4) is 0 Å². The lowest BCUT2D eigenvalue weighted by molar-refractivity contribution is 0.0598. The molecule has 2 aromatic carbocycles. The monoisotopic (exact) mass is 300 g/mol. The summed E-state index contributed by atoms with van der Waals surface area (Å²) in [4.78, 5) is 11.9. The first-order chi connectivity index (χ1) is 10.0. The van der Waals surface area contributed by atoms with Crippen LogP contribution in [0.5, 0.6) is 0 Å². The molecule has 1 unspecified atom stereocenters. The van der Waals surface area contributed by atoms with E-state index in [1.807, 2.05) is 0 Å². The van der Waals surface area contributed by atoms with Gasteiger partial charge in [-0.3, -0.25) is 0 Å². The summed E-state index contributed by atoms with van der Waals surface area (Å²) in [5, 5.41) is 10.1. The Kier molecular flexibility index (Phi) is 4.27. The van der Waals surface area contributed by atoms with Gasteiger partial charge in [-0.25, -0.2) is 4.79 Å². The lowest BCUT2D eigenvalue weighted by Gasteiger charge is -2.24. The molecule has 0 fully saturated rings. The predicted molar refractivity (Wildman–Crippen MR) is 79.8 cm³/mol. The minimum atomic E-state index is -1.46. The van der Waals surface area contributed by atoms with E-state index in [1.165, 1.54) is 7.11 Å². The average molecular weight is 301 g/mol. The van der Waals surface area contributed by atoms with Gasteiger partial charge in [-0.15, -0.1) is 0 Å². The third-order valence-electron chi connectivity index (χ3n) is 3.23. The number of ether oxygens (including phenoxy) is 1. The Balaban J connectivity index is 2.64. The Morgan fingerprint density at radius 1 is 1.24 bits per heavy atom. The molecule has 0 aliphatic carbocycles. The van der Waals surface area contributed by atoms with Crippen LogP contribution < -0.4 is 5.73 Å². The highest BCUT2D eigenvalue weighted by Crippen LogP contribution is 2.30. The molecule has 0 saturated heterocycles. The van der Waals surface area contributed by atoms with Crippen LogP contribution in [0.25, 0.3) is 0 Å². The largest absolute Gasteiger partial charge is 0.465 e. The Morgan fingerprint density at radius 2 is 1.86 bits per heavy atom. The molecule has 0 amide bonds. The van der Waals surface area contributed by atoms with E-state index >= 15 is 0 Å². The van der Waals surface area contributed by atoms with Gasteiger partial charge < -0.3 is 10.5 Å². The first kappa shape index (κ1) is 15.0. The molecule has 2 rings (SSSR count). The fraction of sp³-hybridized carbons (Fsp3) is 0.125. The van der Waals surface area contributed by atoms with Crippen molar-refractivity contribution in [3.63, 3.8) is 0 Å². The van der Waals surface area contributed by atoms with E-state index in [9.17, 15) is 10.1 Å². The number of hydrogen-bond acceptors (Lipinski definition) is 4. The molecule has 0 radical (unpaired) electrons. The number of nitrogens with zero attached hydrogens (tertiary/aromatic N) is 1. The minimum Gasteiger partial charge on any atom is -0.465 e. The predicted octanol–water partition coefficient (Wildman–Crippen LogP) is 2.85. The Hall–Kier alpha value is -2.35. The van der Waals surface area contributed by atoms with E-state index in [0.29, 0.717) is 16.1 Å². The van der Waals surface area contributed by atoms with Gasteiger partial charge in [-0.05, 0) is 23.8 Å². The molecule has 0 aliphatic heterocycles. The summed E-state index contributed by atoms with van der Waals surface area (Å²) in [5.41, 5.74) is 6.01. The van der Waals surface area contributed by atoms with Gasteiger partial charge >= 0.3 is 5.97 Å². The zero-order valence-electron chi connectivity index (χ0n) is 11.3. The second kappa shape index (κ2) is 5.96. The van der Waals surface area contributed by atoms with Crippen molar-refractivity contribution in [2.75, 3.05) is 7.11 Å². The number of methoxy groups -OCH3 is 1. The van der Waals surface area contributed by atoms with Gasteiger partial charge in [0.25, 0.3) is 0 Å². The second-order valence-electron chi connectivity index (χ2n) is 4.46. The first-order valence-electron chi connectivity index (χ1n) is 6.17. The van der Waals surface area contributed by atoms with Gasteiger partial charge in [0.05, 0.1) is 18.7 Å². The van der Waals surface area contributed by atoms with Crippen molar-refractivity contribution in [2.45, 2.75) is 5.54 Å². The number of halogens is 1. The average Bonchev–Trinajstić information content (AvgIpc) is 2.54. The summed E-state index contributed by atoms with van der Waals surface area (Å²) in [6.45, 7) is 0. The van der Waals surface area contributed by atoms with Gasteiger partial charge in [0.15, 0.2) is 5.54 Å². The summed E-state index contributed by atoms with van der Waals surface area (Å²) in [6.07, 6.45) is 0. The number of carbonyl (C=O) groups excluding carboxylic acids is 1. The topological polar surface area (TPSA) is 76.1 Å². The smallest absolute Gasteiger partial charge is 0.338 e. The van der Waals surface area contributed by atoms with Crippen molar-refractivity contribution in [3.05, 3.63) is 70.2 Å². The van der Waals surface area contributed by atoms with Crippen molar-refractivity contribution in [3.8, 4) is 6.07 Å². The van der Waals surface area contributed by atoms with Crippen LogP contribution >= 0.6 is 11.6 Å². The van der Waals surface area contributed by atoms with Crippen molar-refractivity contribution < 1.29 is 9.53 Å². The van der Waals surface area contributed by atoms with Gasteiger partial charge in [-0.1, -0.05) is 41.9 Å². The lowest BCUT2D eigenvalue weighted by atomic mass is 9.82. The molecule has 0 aliphatic rings. The fourth-order valence-electron chi connectivity index (χ4n) is 2.11. The minimum absolute atomic E-state index is 0.263. The normalized spacial score (nSPS) is 13.0. The van der Waals surface area contributed by atoms with Gasteiger partial charge in [0, 0.05) is 10.6 Å². The van der Waals surface area contributed by atoms with Crippen LogP contribution in [0.2, 0.25) is 5.02 Å². The van der Waals surface area contributed by atoms with Gasteiger partial charge in [-0.2, -0.15) is 5.26 Å². The summed E-state index contributed by atoms with van der Waals surface area (Å²) < 4.78 is 4.75. The molecule has 0 spiro atoms. The van der Waals surface area contributed by atoms with Crippen LogP contribution in [-0.4, -0.2) is 13.1 Å². The van der Waals surface area contributed by atoms with Crippen molar-refractivity contribution in [1.29, 1.82) is 5.26 Å². The quantitative estimate of drug-likeness (QED) is 0.884. The maximum atomic E-state index is 11.9. The second-order valence-corrected chi connectivity index (χ2v) is 4.90. The van der Waals surface area contributed by atoms with Crippen molar-refractivity contribution in [1.82, 2.24) is 0 Å². The SMILES string of the molecule is COC(=O)c1ccccc1C(N)(C#N)c1ccc(Cl)cc1. The molecule has 4 nitrogen and oxygen atoms in total. The number of carbonyl (C=O) groups is 1. The highest BCUT2D eigenvalue weighted by molar-refractivity contribution is 6.30. The number of hydrogen-bond donors (Lipinski definition) is 1. The molecular weight excluding hydrogens is 288 g/mol. The number of esters is 1. The zero-order chi connectivity index (χ0) is 15.5. The molecular formula is C16H13ClN2O2. The summed E-state index contributed by atoms with van der Waals surface area (Å²) in [5.74, 6) is -0.537. The van der Waals surface area contributed by atoms with Gasteiger partial charge in [0.2, 0.25) is 0 Å². The van der Waals surface area contributed by atoms with Crippen LogP contribution in [-0.2, 0) is 10.3 Å². The standard InChI is InChI=1S/C16H13ClN2O2/c1-21-15(20)13-4-2-3-5-14(13)16(19,10-18)11-6-8-12(17)9-7-11/h2-9H,19H2,1H3. The van der Waals surface area contributed by atoms with Crippen molar-refractivity contribution in [2.24, 2.45) is 5.73 Å². The lowest BCUT2D eigenvalue weighted by Crippen LogP contribution is -2.38. The van der Waals surface area contributed by atoms with E-state index in [0.717, 1.165) is 0 Å². The molecule has 0 aromatic heterocycles. The van der Waals surface area contributed by atoms with E-state index in [-0.39, 0.29) is 5.56 Å². The third-order valence-corrected chi connectivity index (χ3v) is 3.49. The van der Waals surface area contributed by atoms with E-state index in [4.69, 9.17) is 22.1 Å². The van der Waals surface area contributed by atoms with Crippen LogP contribution in [0.4, 0.5) is 0 Å². The van der Waals surface area contributed by atoms with E-state index in [2.05, 4.69) is 6.07 Å². The van der Waals surface area contributed by atoms with Crippen LogP contribution in [0, 0.1) is 11.3 Å². The molecule has 0 saturated carbocycles. The number of nitrogens with two attached hydrogens (primary N) is 1. The molecule has 2 N–H and O–H groups in total. The highest BCUT2D eigenvalue weighted by atomic mass is 35.5. The number of rotatable bonds is 3. The number of nitriles is 1. The molecule has 106 valence electrons. The first-order valence-corrected chi connectivity index (χ1v) is 6.54. The third kappa shape index (κ3) is 2.75. The van der Waals surface area contributed by atoms with Crippen LogP contribution in [0.1, 0.15) is 21.5 Å². The van der Waals surface area contributed by atoms with E-state index < -0.39 is 11.5 Å². The van der Waals surface area contributed by atoms with Crippen molar-refractivity contribution >= 4 is 17.6 Å². The van der Waals surface area contributed by atoms with Gasteiger partial charge in [0.1, 0.15) is 0 Å². The summed E-state index contributed by atoms with van der Waals surface area (Å²) in [6, 6.07) is 15.3.